The Morgan fingerprint density at radius 1 is 1.15 bits per heavy atom. The number of anilines is 1. The number of carbonyl (C=O) groups is 1. The first-order valence-electron chi connectivity index (χ1n) is 11.0. The Morgan fingerprint density at radius 3 is 2.52 bits per heavy atom. The summed E-state index contributed by atoms with van der Waals surface area (Å²) in [6.07, 6.45) is 4.95. The van der Waals surface area contributed by atoms with Crippen molar-refractivity contribution in [3.63, 3.8) is 0 Å². The summed E-state index contributed by atoms with van der Waals surface area (Å²) in [6, 6.07) is 8.83. The summed E-state index contributed by atoms with van der Waals surface area (Å²) in [4.78, 5) is 33.1. The zero-order chi connectivity index (χ0) is 23.5. The molecule has 0 spiro atoms. The topological polar surface area (TPSA) is 110 Å². The Hall–Kier alpha value is -3.46. The molecule has 33 heavy (non-hydrogen) atoms. The van der Waals surface area contributed by atoms with Gasteiger partial charge in [0.1, 0.15) is 11.2 Å². The highest BCUT2D eigenvalue weighted by Gasteiger charge is 2.21. The number of amides is 1. The van der Waals surface area contributed by atoms with Gasteiger partial charge in [0.15, 0.2) is 5.65 Å². The molecule has 10 heteroatoms. The predicted octanol–water partition coefficient (Wildman–Crippen LogP) is 4.41. The molecule has 1 aromatic carbocycles. The minimum absolute atomic E-state index is 0.0607. The molecule has 9 nitrogen and oxygen atoms in total. The van der Waals surface area contributed by atoms with Crippen LogP contribution in [0.2, 0.25) is 5.02 Å². The number of hydrogen-bond acceptors (Lipinski definition) is 5. The van der Waals surface area contributed by atoms with E-state index in [0.717, 1.165) is 25.7 Å². The molecule has 3 aromatic heterocycles. The molecule has 0 fully saturated rings. The first-order valence-corrected chi connectivity index (χ1v) is 11.4. The lowest BCUT2D eigenvalue weighted by atomic mass is 9.97. The summed E-state index contributed by atoms with van der Waals surface area (Å²) >= 11 is 6.00. The molecule has 3 heterocycles. The highest BCUT2D eigenvalue weighted by Crippen LogP contribution is 2.21. The van der Waals surface area contributed by atoms with E-state index < -0.39 is 0 Å². The van der Waals surface area contributed by atoms with Crippen LogP contribution >= 0.6 is 11.6 Å². The van der Waals surface area contributed by atoms with Gasteiger partial charge in [-0.2, -0.15) is 19.9 Å². The standard InChI is InChI=1S/C23H26ClN7O2/c1-4-6-15(7-5-2)21(32)26-19-12-14(3)29-31(19)23-27-20-18(22(33)28-23)13-25-30(20)17-10-8-16(24)9-11-17/h8-13,15H,4-7H2,1-3H3,(H,26,32)(H,27,28,33). The number of H-pyrrole nitrogens is 1. The second-order valence-corrected chi connectivity index (χ2v) is 8.44. The normalized spacial score (nSPS) is 11.4. The predicted molar refractivity (Wildman–Crippen MR) is 128 cm³/mol. The molecular weight excluding hydrogens is 442 g/mol. The Kier molecular flexibility index (Phi) is 6.60. The van der Waals surface area contributed by atoms with Crippen LogP contribution in [-0.4, -0.2) is 35.4 Å². The van der Waals surface area contributed by atoms with E-state index in [-0.39, 0.29) is 23.3 Å². The SMILES string of the molecule is CCCC(CCC)C(=O)Nc1cc(C)nn1-c1nc2c(cnn2-c2ccc(Cl)cc2)c(=O)[nH]1. The number of benzene rings is 1. The lowest BCUT2D eigenvalue weighted by Crippen LogP contribution is -2.25. The zero-order valence-electron chi connectivity index (χ0n) is 18.8. The molecule has 0 atom stereocenters. The van der Waals surface area contributed by atoms with Crippen molar-refractivity contribution in [2.75, 3.05) is 5.32 Å². The third kappa shape index (κ3) is 4.68. The molecule has 4 aromatic rings. The van der Waals surface area contributed by atoms with Gasteiger partial charge in [0.05, 0.1) is 17.6 Å². The first-order chi connectivity index (χ1) is 15.9. The van der Waals surface area contributed by atoms with E-state index in [2.05, 4.69) is 39.3 Å². The van der Waals surface area contributed by atoms with Crippen molar-refractivity contribution in [3.8, 4) is 11.6 Å². The van der Waals surface area contributed by atoms with Crippen molar-refractivity contribution >= 4 is 34.4 Å². The van der Waals surface area contributed by atoms with Crippen LogP contribution < -0.4 is 10.9 Å². The monoisotopic (exact) mass is 467 g/mol. The fourth-order valence-corrected chi connectivity index (χ4v) is 3.99. The number of hydrogen-bond donors (Lipinski definition) is 2. The Labute approximate surface area is 195 Å². The number of halogens is 1. The molecule has 0 saturated carbocycles. The lowest BCUT2D eigenvalue weighted by molar-refractivity contribution is -0.120. The number of nitrogens with one attached hydrogen (secondary N) is 2. The molecule has 0 aliphatic heterocycles. The molecule has 0 aliphatic rings. The molecule has 0 radical (unpaired) electrons. The van der Waals surface area contributed by atoms with E-state index in [1.807, 2.05) is 6.92 Å². The Morgan fingerprint density at radius 2 is 1.85 bits per heavy atom. The molecule has 2 N–H and O–H groups in total. The van der Waals surface area contributed by atoms with Gasteiger partial charge in [0.25, 0.3) is 5.56 Å². The van der Waals surface area contributed by atoms with Gasteiger partial charge >= 0.3 is 0 Å². The molecule has 0 saturated heterocycles. The van der Waals surface area contributed by atoms with E-state index >= 15 is 0 Å². The van der Waals surface area contributed by atoms with Gasteiger partial charge in [-0.1, -0.05) is 38.3 Å². The van der Waals surface area contributed by atoms with Crippen molar-refractivity contribution in [1.82, 2.24) is 29.5 Å². The number of aromatic nitrogens is 6. The molecule has 1 amide bonds. The van der Waals surface area contributed by atoms with Crippen LogP contribution in [0.1, 0.15) is 45.2 Å². The van der Waals surface area contributed by atoms with Crippen LogP contribution in [0.5, 0.6) is 0 Å². The van der Waals surface area contributed by atoms with Crippen LogP contribution in [0.4, 0.5) is 5.82 Å². The van der Waals surface area contributed by atoms with Gasteiger partial charge in [-0.05, 0) is 44.0 Å². The first kappa shape index (κ1) is 22.7. The lowest BCUT2D eigenvalue weighted by Gasteiger charge is -2.15. The minimum Gasteiger partial charge on any atom is -0.310 e. The molecule has 0 bridgehead atoms. The number of aromatic amines is 1. The second-order valence-electron chi connectivity index (χ2n) is 8.01. The summed E-state index contributed by atoms with van der Waals surface area (Å²) < 4.78 is 3.01. The number of fused-ring (bicyclic) bond motifs is 1. The number of rotatable bonds is 8. The minimum atomic E-state index is -0.351. The number of nitrogens with zero attached hydrogens (tertiary/aromatic N) is 5. The van der Waals surface area contributed by atoms with E-state index in [1.54, 1.807) is 35.0 Å². The van der Waals surface area contributed by atoms with Crippen LogP contribution in [0.25, 0.3) is 22.7 Å². The Balaban J connectivity index is 1.75. The largest absolute Gasteiger partial charge is 0.310 e. The highest BCUT2D eigenvalue weighted by atomic mass is 35.5. The summed E-state index contributed by atoms with van der Waals surface area (Å²) in [6.45, 7) is 5.95. The fraction of sp³-hybridized carbons (Fsp3) is 0.348. The van der Waals surface area contributed by atoms with Gasteiger partial charge in [0, 0.05) is 17.0 Å². The van der Waals surface area contributed by atoms with E-state index in [1.165, 1.54) is 10.9 Å². The molecular formula is C23H26ClN7O2. The van der Waals surface area contributed by atoms with Crippen LogP contribution in [0.3, 0.4) is 0 Å². The van der Waals surface area contributed by atoms with Crippen LogP contribution in [0.15, 0.2) is 41.3 Å². The average Bonchev–Trinajstić information content (AvgIpc) is 3.37. The summed E-state index contributed by atoms with van der Waals surface area (Å²) in [7, 11) is 0. The van der Waals surface area contributed by atoms with Crippen molar-refractivity contribution in [3.05, 3.63) is 57.6 Å². The maximum atomic E-state index is 12.9. The van der Waals surface area contributed by atoms with Gasteiger partial charge in [0.2, 0.25) is 11.9 Å². The van der Waals surface area contributed by atoms with Gasteiger partial charge < -0.3 is 5.32 Å². The molecule has 0 aliphatic carbocycles. The van der Waals surface area contributed by atoms with Gasteiger partial charge in [-0.3, -0.25) is 14.6 Å². The third-order valence-corrected chi connectivity index (χ3v) is 5.68. The molecule has 4 rings (SSSR count). The highest BCUT2D eigenvalue weighted by molar-refractivity contribution is 6.30. The third-order valence-electron chi connectivity index (χ3n) is 5.43. The maximum absolute atomic E-state index is 12.9. The van der Waals surface area contributed by atoms with Gasteiger partial charge in [-0.15, -0.1) is 0 Å². The number of aryl methyl sites for hydroxylation is 1. The van der Waals surface area contributed by atoms with Crippen molar-refractivity contribution in [2.24, 2.45) is 5.92 Å². The summed E-state index contributed by atoms with van der Waals surface area (Å²) in [5.74, 6) is 0.503. The van der Waals surface area contributed by atoms with Crippen LogP contribution in [0, 0.1) is 12.8 Å². The molecule has 0 unspecified atom stereocenters. The average molecular weight is 468 g/mol. The summed E-state index contributed by atoms with van der Waals surface area (Å²) in [5.41, 5.74) is 1.42. The second kappa shape index (κ2) is 9.58. The van der Waals surface area contributed by atoms with Gasteiger partial charge in [-0.25, -0.2) is 4.68 Å². The number of carbonyl (C=O) groups excluding carboxylic acids is 1. The smallest absolute Gasteiger partial charge is 0.263 e. The van der Waals surface area contributed by atoms with Crippen LogP contribution in [-0.2, 0) is 4.79 Å². The Bertz CT molecular complexity index is 1330. The van der Waals surface area contributed by atoms with E-state index in [9.17, 15) is 9.59 Å². The van der Waals surface area contributed by atoms with E-state index in [4.69, 9.17) is 11.6 Å². The fourth-order valence-electron chi connectivity index (χ4n) is 3.86. The molecule has 172 valence electrons. The van der Waals surface area contributed by atoms with Crippen molar-refractivity contribution in [2.45, 2.75) is 46.5 Å². The zero-order valence-corrected chi connectivity index (χ0v) is 19.6. The summed E-state index contributed by atoms with van der Waals surface area (Å²) in [5, 5.41) is 12.7. The van der Waals surface area contributed by atoms with Crippen molar-refractivity contribution < 1.29 is 4.79 Å². The van der Waals surface area contributed by atoms with E-state index in [0.29, 0.717) is 33.3 Å². The van der Waals surface area contributed by atoms with Crippen molar-refractivity contribution in [1.29, 1.82) is 0 Å². The maximum Gasteiger partial charge on any atom is 0.263 e. The quantitative estimate of drug-likeness (QED) is 0.398.